The molecular formula is C18H23N5O4S2. The number of fused-ring (bicyclic) bond motifs is 1. The molecule has 11 heteroatoms. The van der Waals surface area contributed by atoms with Crippen molar-refractivity contribution < 1.29 is 18.0 Å². The minimum atomic E-state index is -3.77. The Balaban J connectivity index is 1.37. The summed E-state index contributed by atoms with van der Waals surface area (Å²) in [5.41, 5.74) is 0.914. The highest BCUT2D eigenvalue weighted by atomic mass is 32.2. The molecule has 1 atom stereocenters. The number of piperidine rings is 1. The number of carbonyl (C=O) groups excluding carboxylic acids is 2. The molecule has 1 unspecified atom stereocenters. The van der Waals surface area contributed by atoms with Crippen LogP contribution in [-0.4, -0.2) is 59.0 Å². The predicted molar refractivity (Wildman–Crippen MR) is 108 cm³/mol. The van der Waals surface area contributed by atoms with Gasteiger partial charge in [-0.2, -0.15) is 13.1 Å². The number of aromatic nitrogens is 2. The van der Waals surface area contributed by atoms with E-state index in [0.29, 0.717) is 36.5 Å². The van der Waals surface area contributed by atoms with Crippen LogP contribution in [0.1, 0.15) is 32.1 Å². The molecule has 1 saturated heterocycles. The van der Waals surface area contributed by atoms with Gasteiger partial charge in [-0.15, -0.1) is 0 Å². The summed E-state index contributed by atoms with van der Waals surface area (Å²) in [6, 6.07) is 5.20. The van der Waals surface area contributed by atoms with Gasteiger partial charge in [-0.25, -0.2) is 8.42 Å². The van der Waals surface area contributed by atoms with Gasteiger partial charge >= 0.3 is 0 Å². The number of sulfonamides is 1. The van der Waals surface area contributed by atoms with E-state index >= 15 is 0 Å². The fourth-order valence-electron chi connectivity index (χ4n) is 3.47. The molecule has 2 fully saturated rings. The van der Waals surface area contributed by atoms with Crippen LogP contribution in [0.3, 0.4) is 0 Å². The molecule has 4 rings (SSSR count). The van der Waals surface area contributed by atoms with Crippen molar-refractivity contribution >= 4 is 44.6 Å². The van der Waals surface area contributed by atoms with Crippen LogP contribution in [-0.2, 0) is 19.6 Å². The number of carbonyl (C=O) groups is 2. The molecule has 1 aliphatic heterocycles. The Morgan fingerprint density at radius 3 is 2.83 bits per heavy atom. The van der Waals surface area contributed by atoms with Crippen molar-refractivity contribution in [3.63, 3.8) is 0 Å². The lowest BCUT2D eigenvalue weighted by Gasteiger charge is -2.31. The maximum atomic E-state index is 13.2. The second-order valence-electron chi connectivity index (χ2n) is 7.47. The van der Waals surface area contributed by atoms with E-state index in [1.165, 1.54) is 10.4 Å². The van der Waals surface area contributed by atoms with E-state index in [2.05, 4.69) is 19.4 Å². The quantitative estimate of drug-likeness (QED) is 0.663. The number of benzene rings is 1. The maximum absolute atomic E-state index is 13.2. The van der Waals surface area contributed by atoms with Crippen molar-refractivity contribution in [1.82, 2.24) is 23.7 Å². The van der Waals surface area contributed by atoms with Gasteiger partial charge in [0.2, 0.25) is 21.8 Å². The van der Waals surface area contributed by atoms with Crippen molar-refractivity contribution in [3.05, 3.63) is 18.2 Å². The van der Waals surface area contributed by atoms with Crippen molar-refractivity contribution in [2.45, 2.75) is 43.0 Å². The number of nitrogens with one attached hydrogen (secondary N) is 2. The average Bonchev–Trinajstić information content (AvgIpc) is 3.39. The highest BCUT2D eigenvalue weighted by molar-refractivity contribution is 7.89. The van der Waals surface area contributed by atoms with Gasteiger partial charge in [0.05, 0.1) is 17.6 Å². The smallest absolute Gasteiger partial charge is 0.245 e. The molecule has 0 bridgehead atoms. The van der Waals surface area contributed by atoms with Crippen LogP contribution >= 0.6 is 11.7 Å². The summed E-state index contributed by atoms with van der Waals surface area (Å²) in [6.07, 6.45) is 3.50. The van der Waals surface area contributed by atoms with E-state index in [1.54, 1.807) is 12.1 Å². The van der Waals surface area contributed by atoms with Gasteiger partial charge in [-0.3, -0.25) is 9.59 Å². The fourth-order valence-corrected chi connectivity index (χ4v) is 5.75. The number of hydrogen-bond donors (Lipinski definition) is 2. The van der Waals surface area contributed by atoms with Gasteiger partial charge in [-0.1, -0.05) is 6.07 Å². The summed E-state index contributed by atoms with van der Waals surface area (Å²) in [4.78, 5) is 24.4. The number of amides is 2. The summed E-state index contributed by atoms with van der Waals surface area (Å²) >= 11 is 0.974. The monoisotopic (exact) mass is 437 g/mol. The first-order chi connectivity index (χ1) is 13.9. The van der Waals surface area contributed by atoms with Crippen LogP contribution in [0.2, 0.25) is 0 Å². The summed E-state index contributed by atoms with van der Waals surface area (Å²) in [6.45, 7) is 0.741. The molecular weight excluding hydrogens is 414 g/mol. The van der Waals surface area contributed by atoms with E-state index in [4.69, 9.17) is 0 Å². The molecule has 156 valence electrons. The van der Waals surface area contributed by atoms with Gasteiger partial charge in [0.1, 0.15) is 15.9 Å². The molecule has 2 amide bonds. The van der Waals surface area contributed by atoms with Crippen molar-refractivity contribution in [2.75, 3.05) is 19.6 Å². The van der Waals surface area contributed by atoms with Gasteiger partial charge in [0.15, 0.2) is 0 Å². The Morgan fingerprint density at radius 2 is 2.03 bits per heavy atom. The molecule has 2 heterocycles. The van der Waals surface area contributed by atoms with Crippen LogP contribution in [0.15, 0.2) is 23.1 Å². The van der Waals surface area contributed by atoms with Crippen LogP contribution < -0.4 is 10.6 Å². The number of nitrogens with zero attached hydrogens (tertiary/aromatic N) is 3. The molecule has 2 aliphatic rings. The third-order valence-corrected chi connectivity index (χ3v) is 7.65. The Labute approximate surface area is 173 Å². The van der Waals surface area contributed by atoms with E-state index in [1.807, 2.05) is 0 Å². The first-order valence-electron chi connectivity index (χ1n) is 9.73. The van der Waals surface area contributed by atoms with E-state index in [0.717, 1.165) is 24.6 Å². The second kappa shape index (κ2) is 8.33. The molecule has 2 N–H and O–H groups in total. The van der Waals surface area contributed by atoms with Gasteiger partial charge < -0.3 is 10.6 Å². The standard InChI is InChI=1S/C18H23N5O4S2/c24-16(20-13-6-7-13)8-9-19-18(25)12-3-2-10-23(11-12)29(26,27)15-5-1-4-14-17(15)22-28-21-14/h1,4-5,12-13H,2-3,6-11H2,(H,19,25)(H,20,24). The topological polar surface area (TPSA) is 121 Å². The highest BCUT2D eigenvalue weighted by Crippen LogP contribution is 2.28. The second-order valence-corrected chi connectivity index (χ2v) is 9.91. The molecule has 0 radical (unpaired) electrons. The molecule has 1 aliphatic carbocycles. The van der Waals surface area contributed by atoms with E-state index in [-0.39, 0.29) is 36.2 Å². The lowest BCUT2D eigenvalue weighted by molar-refractivity contribution is -0.126. The zero-order chi connectivity index (χ0) is 20.4. The largest absolute Gasteiger partial charge is 0.355 e. The van der Waals surface area contributed by atoms with E-state index < -0.39 is 15.9 Å². The third-order valence-electron chi connectivity index (χ3n) is 5.22. The van der Waals surface area contributed by atoms with Gasteiger partial charge in [-0.05, 0) is 37.8 Å². The third kappa shape index (κ3) is 4.57. The summed E-state index contributed by atoms with van der Waals surface area (Å²) < 4.78 is 35.9. The SMILES string of the molecule is O=C(CCNC(=O)C1CCCN(S(=O)(=O)c2cccc3nsnc23)C1)NC1CC1. The van der Waals surface area contributed by atoms with Gasteiger partial charge in [0.25, 0.3) is 0 Å². The Hall–Kier alpha value is -2.11. The Morgan fingerprint density at radius 1 is 1.21 bits per heavy atom. The van der Waals surface area contributed by atoms with Crippen LogP contribution in [0.25, 0.3) is 11.0 Å². The molecule has 1 aromatic heterocycles. The predicted octanol–water partition coefficient (Wildman–Crippen LogP) is 0.877. The average molecular weight is 438 g/mol. The Bertz CT molecular complexity index is 1020. The van der Waals surface area contributed by atoms with E-state index in [9.17, 15) is 18.0 Å². The molecule has 2 aromatic rings. The zero-order valence-corrected chi connectivity index (χ0v) is 17.5. The van der Waals surface area contributed by atoms with Crippen molar-refractivity contribution in [3.8, 4) is 0 Å². The lowest BCUT2D eigenvalue weighted by atomic mass is 9.99. The molecule has 1 aromatic carbocycles. The number of hydrogen-bond acceptors (Lipinski definition) is 7. The highest BCUT2D eigenvalue weighted by Gasteiger charge is 2.34. The summed E-state index contributed by atoms with van der Waals surface area (Å²) in [7, 11) is -3.77. The van der Waals surface area contributed by atoms with Crippen molar-refractivity contribution in [2.24, 2.45) is 5.92 Å². The normalized spacial score (nSPS) is 20.5. The Kier molecular flexibility index (Phi) is 5.79. The van der Waals surface area contributed by atoms with Gasteiger partial charge in [0, 0.05) is 32.1 Å². The minimum Gasteiger partial charge on any atom is -0.355 e. The van der Waals surface area contributed by atoms with Crippen LogP contribution in [0, 0.1) is 5.92 Å². The first-order valence-corrected chi connectivity index (χ1v) is 11.9. The van der Waals surface area contributed by atoms with Crippen molar-refractivity contribution in [1.29, 1.82) is 0 Å². The maximum Gasteiger partial charge on any atom is 0.245 e. The molecule has 29 heavy (non-hydrogen) atoms. The van der Waals surface area contributed by atoms with Crippen LogP contribution in [0.4, 0.5) is 0 Å². The lowest BCUT2D eigenvalue weighted by Crippen LogP contribution is -2.45. The first kappa shape index (κ1) is 20.2. The zero-order valence-electron chi connectivity index (χ0n) is 15.8. The summed E-state index contributed by atoms with van der Waals surface area (Å²) in [5.74, 6) is -0.707. The molecule has 9 nitrogen and oxygen atoms in total. The minimum absolute atomic E-state index is 0.0642. The molecule has 0 spiro atoms. The summed E-state index contributed by atoms with van der Waals surface area (Å²) in [5, 5.41) is 5.65. The number of rotatable bonds is 7. The fraction of sp³-hybridized carbons (Fsp3) is 0.556. The van der Waals surface area contributed by atoms with Crippen LogP contribution in [0.5, 0.6) is 0 Å². The molecule has 1 saturated carbocycles.